The molecule has 0 atom stereocenters. The largest absolute Gasteiger partial charge is 0.453 e. The van der Waals surface area contributed by atoms with Gasteiger partial charge in [-0.2, -0.15) is 0 Å². The molecule has 0 saturated carbocycles. The molecule has 0 aliphatic carbocycles. The monoisotopic (exact) mass is 221 g/mol. The molecule has 1 aliphatic heterocycles. The van der Waals surface area contributed by atoms with Crippen molar-refractivity contribution in [3.8, 4) is 11.5 Å². The lowest BCUT2D eigenvalue weighted by Gasteiger charge is -2.06. The second-order valence-corrected chi connectivity index (χ2v) is 3.45. The molecule has 1 heterocycles. The summed E-state index contributed by atoms with van der Waals surface area (Å²) in [6, 6.07) is 3.96. The van der Waals surface area contributed by atoms with Crippen LogP contribution in [0.4, 0.5) is 0 Å². The van der Waals surface area contributed by atoms with Gasteiger partial charge in [0.1, 0.15) is 0 Å². The van der Waals surface area contributed by atoms with Crippen LogP contribution in [0.3, 0.4) is 0 Å². The first-order valence-corrected chi connectivity index (χ1v) is 5.14. The topological polar surface area (TPSA) is 53.7 Å². The molecule has 2 rings (SSSR count). The minimum atomic E-state index is 0.263. The van der Waals surface area contributed by atoms with Gasteiger partial charge in [-0.3, -0.25) is 0 Å². The van der Waals surface area contributed by atoms with Gasteiger partial charge in [0.2, 0.25) is 6.79 Å². The molecule has 0 radical (unpaired) electrons. The van der Waals surface area contributed by atoms with E-state index in [1.54, 1.807) is 7.11 Å². The number of hydrogen-bond donors (Lipinski definition) is 1. The minimum Gasteiger partial charge on any atom is -0.453 e. The van der Waals surface area contributed by atoms with Crippen molar-refractivity contribution in [1.82, 2.24) is 0 Å². The van der Waals surface area contributed by atoms with Crippen molar-refractivity contribution < 1.29 is 14.2 Å². The van der Waals surface area contributed by atoms with E-state index in [0.29, 0.717) is 13.2 Å². The number of fused-ring (bicyclic) bond motifs is 1. The van der Waals surface area contributed by atoms with Crippen molar-refractivity contribution in [3.63, 3.8) is 0 Å². The molecular weight excluding hydrogens is 206 g/mol. The second-order valence-electron chi connectivity index (χ2n) is 3.45. The van der Waals surface area contributed by atoms with Crippen LogP contribution in [0.1, 0.15) is 11.1 Å². The minimum absolute atomic E-state index is 0.263. The van der Waals surface area contributed by atoms with Gasteiger partial charge in [-0.1, -0.05) is 24.3 Å². The van der Waals surface area contributed by atoms with Crippen molar-refractivity contribution in [3.05, 3.63) is 29.3 Å². The van der Waals surface area contributed by atoms with E-state index in [0.717, 1.165) is 22.6 Å². The third-order valence-corrected chi connectivity index (χ3v) is 2.36. The number of rotatable bonds is 4. The summed E-state index contributed by atoms with van der Waals surface area (Å²) in [5.41, 5.74) is 7.40. The Kier molecular flexibility index (Phi) is 3.44. The van der Waals surface area contributed by atoms with E-state index < -0.39 is 0 Å². The zero-order valence-electron chi connectivity index (χ0n) is 9.23. The Morgan fingerprint density at radius 1 is 1.38 bits per heavy atom. The number of methoxy groups -OCH3 is 1. The van der Waals surface area contributed by atoms with Gasteiger partial charge >= 0.3 is 0 Å². The average Bonchev–Trinajstić information content (AvgIpc) is 2.78. The first kappa shape index (κ1) is 11.0. The molecule has 4 nitrogen and oxygen atoms in total. The Balaban J connectivity index is 2.36. The van der Waals surface area contributed by atoms with Gasteiger partial charge in [0.25, 0.3) is 0 Å². The molecule has 4 heteroatoms. The van der Waals surface area contributed by atoms with Crippen LogP contribution in [0.2, 0.25) is 0 Å². The van der Waals surface area contributed by atoms with E-state index in [4.69, 9.17) is 19.9 Å². The predicted molar refractivity (Wildman–Crippen MR) is 61.4 cm³/mol. The van der Waals surface area contributed by atoms with Gasteiger partial charge in [-0.15, -0.1) is 0 Å². The van der Waals surface area contributed by atoms with Gasteiger partial charge in [0.05, 0.1) is 6.61 Å². The van der Waals surface area contributed by atoms with Crippen molar-refractivity contribution in [2.75, 3.05) is 20.4 Å². The van der Waals surface area contributed by atoms with Crippen LogP contribution in [-0.4, -0.2) is 20.4 Å². The standard InChI is InChI=1S/C12H15NO3/c1-14-7-10-5-4-9(3-2-6-13)11-12(10)16-8-15-11/h2-5H,6-8,13H2,1H3/b3-2+. The normalized spacial score (nSPS) is 13.6. The van der Waals surface area contributed by atoms with Crippen LogP contribution in [0, 0.1) is 0 Å². The summed E-state index contributed by atoms with van der Waals surface area (Å²) in [5, 5.41) is 0. The maximum atomic E-state index is 5.44. The SMILES string of the molecule is COCc1ccc(/C=C/CN)c2c1OCO2. The van der Waals surface area contributed by atoms with Crippen LogP contribution in [0.25, 0.3) is 6.08 Å². The Labute approximate surface area is 94.6 Å². The number of benzene rings is 1. The van der Waals surface area contributed by atoms with Crippen molar-refractivity contribution in [2.45, 2.75) is 6.61 Å². The van der Waals surface area contributed by atoms with E-state index in [1.165, 1.54) is 0 Å². The fourth-order valence-corrected chi connectivity index (χ4v) is 1.67. The number of hydrogen-bond acceptors (Lipinski definition) is 4. The van der Waals surface area contributed by atoms with E-state index in [9.17, 15) is 0 Å². The predicted octanol–water partition coefficient (Wildman–Crippen LogP) is 1.53. The van der Waals surface area contributed by atoms with Gasteiger partial charge in [0.15, 0.2) is 11.5 Å². The lowest BCUT2D eigenvalue weighted by molar-refractivity contribution is 0.163. The molecule has 2 N–H and O–H groups in total. The highest BCUT2D eigenvalue weighted by Crippen LogP contribution is 2.39. The van der Waals surface area contributed by atoms with Crippen LogP contribution >= 0.6 is 0 Å². The van der Waals surface area contributed by atoms with Gasteiger partial charge in [-0.05, 0) is 0 Å². The molecule has 86 valence electrons. The molecule has 1 aliphatic rings. The highest BCUT2D eigenvalue weighted by Gasteiger charge is 2.20. The summed E-state index contributed by atoms with van der Waals surface area (Å²) in [7, 11) is 1.66. The molecule has 0 saturated heterocycles. The van der Waals surface area contributed by atoms with Crippen molar-refractivity contribution >= 4 is 6.08 Å². The molecule has 0 spiro atoms. The smallest absolute Gasteiger partial charge is 0.231 e. The Bertz CT molecular complexity index is 401. The lowest BCUT2D eigenvalue weighted by atomic mass is 10.1. The van der Waals surface area contributed by atoms with E-state index >= 15 is 0 Å². The average molecular weight is 221 g/mol. The number of ether oxygens (including phenoxy) is 3. The Morgan fingerprint density at radius 3 is 2.94 bits per heavy atom. The summed E-state index contributed by atoms with van der Waals surface area (Å²) in [4.78, 5) is 0. The first-order valence-electron chi connectivity index (χ1n) is 5.14. The lowest BCUT2D eigenvalue weighted by Crippen LogP contribution is -1.95. The van der Waals surface area contributed by atoms with Crippen LogP contribution in [0.15, 0.2) is 18.2 Å². The molecule has 1 aromatic carbocycles. The summed E-state index contributed by atoms with van der Waals surface area (Å²) in [5.74, 6) is 1.56. The fraction of sp³-hybridized carbons (Fsp3) is 0.333. The number of nitrogens with two attached hydrogens (primary N) is 1. The molecule has 1 aromatic rings. The molecule has 0 amide bonds. The summed E-state index contributed by atoms with van der Waals surface area (Å²) < 4.78 is 16.0. The van der Waals surface area contributed by atoms with E-state index in [1.807, 2.05) is 24.3 Å². The van der Waals surface area contributed by atoms with E-state index in [2.05, 4.69) is 0 Å². The van der Waals surface area contributed by atoms with Gasteiger partial charge in [0, 0.05) is 24.8 Å². The molecular formula is C12H15NO3. The summed E-state index contributed by atoms with van der Waals surface area (Å²) in [6.07, 6.45) is 3.82. The zero-order chi connectivity index (χ0) is 11.4. The van der Waals surface area contributed by atoms with Crippen molar-refractivity contribution in [2.24, 2.45) is 5.73 Å². The highest BCUT2D eigenvalue weighted by molar-refractivity contribution is 5.65. The third-order valence-electron chi connectivity index (χ3n) is 2.36. The van der Waals surface area contributed by atoms with Gasteiger partial charge in [-0.25, -0.2) is 0 Å². The third kappa shape index (κ3) is 2.03. The molecule has 0 fully saturated rings. The molecule has 0 unspecified atom stereocenters. The van der Waals surface area contributed by atoms with Crippen molar-refractivity contribution in [1.29, 1.82) is 0 Å². The van der Waals surface area contributed by atoms with E-state index in [-0.39, 0.29) is 6.79 Å². The molecule has 0 aromatic heterocycles. The fourth-order valence-electron chi connectivity index (χ4n) is 1.67. The van der Waals surface area contributed by atoms with Crippen LogP contribution in [0.5, 0.6) is 11.5 Å². The first-order chi connectivity index (χ1) is 7.86. The van der Waals surface area contributed by atoms with Gasteiger partial charge < -0.3 is 19.9 Å². The maximum absolute atomic E-state index is 5.44. The molecule has 16 heavy (non-hydrogen) atoms. The zero-order valence-corrected chi connectivity index (χ0v) is 9.23. The summed E-state index contributed by atoms with van der Waals surface area (Å²) >= 11 is 0. The molecule has 0 bridgehead atoms. The summed E-state index contributed by atoms with van der Waals surface area (Å²) in [6.45, 7) is 1.29. The van der Waals surface area contributed by atoms with Crippen LogP contribution in [-0.2, 0) is 11.3 Å². The maximum Gasteiger partial charge on any atom is 0.231 e. The Morgan fingerprint density at radius 2 is 2.19 bits per heavy atom. The highest BCUT2D eigenvalue weighted by atomic mass is 16.7. The van der Waals surface area contributed by atoms with Crippen LogP contribution < -0.4 is 15.2 Å². The Hall–Kier alpha value is -1.52. The quantitative estimate of drug-likeness (QED) is 0.837. The second kappa shape index (κ2) is 5.01.